The number of rotatable bonds is 8. The van der Waals surface area contributed by atoms with Gasteiger partial charge in [-0.25, -0.2) is 4.68 Å². The Bertz CT molecular complexity index is 1220. The van der Waals surface area contributed by atoms with E-state index in [-0.39, 0.29) is 18.6 Å². The van der Waals surface area contributed by atoms with E-state index < -0.39 is 0 Å². The van der Waals surface area contributed by atoms with Crippen LogP contribution in [0.3, 0.4) is 0 Å². The number of carbonyl (C=O) groups is 1. The van der Waals surface area contributed by atoms with Crippen LogP contribution in [0.5, 0.6) is 5.75 Å². The molecule has 166 valence electrons. The maximum absolute atomic E-state index is 11.8. The lowest BCUT2D eigenvalue weighted by Gasteiger charge is -2.14. The van der Waals surface area contributed by atoms with Crippen molar-refractivity contribution < 1.29 is 14.3 Å². The van der Waals surface area contributed by atoms with E-state index in [1.165, 1.54) is 7.11 Å². The Labute approximate surface area is 187 Å². The van der Waals surface area contributed by atoms with Gasteiger partial charge in [0.05, 0.1) is 26.1 Å². The van der Waals surface area contributed by atoms with E-state index in [1.807, 2.05) is 64.1 Å². The number of nitrogens with zero attached hydrogens (tertiary/aromatic N) is 3. The second kappa shape index (κ2) is 9.28. The lowest BCUT2D eigenvalue weighted by atomic mass is 10.1. The summed E-state index contributed by atoms with van der Waals surface area (Å²) >= 11 is 0. The molecule has 7 heteroatoms. The van der Waals surface area contributed by atoms with Gasteiger partial charge in [0, 0.05) is 40.9 Å². The van der Waals surface area contributed by atoms with Crippen LogP contribution < -0.4 is 10.1 Å². The van der Waals surface area contributed by atoms with Gasteiger partial charge in [0.2, 0.25) is 0 Å². The second-order valence-electron chi connectivity index (χ2n) is 7.77. The van der Waals surface area contributed by atoms with Crippen LogP contribution in [-0.2, 0) is 22.6 Å². The van der Waals surface area contributed by atoms with Gasteiger partial charge >= 0.3 is 5.97 Å². The van der Waals surface area contributed by atoms with Crippen molar-refractivity contribution in [2.45, 2.75) is 33.0 Å². The molecule has 7 nitrogen and oxygen atoms in total. The normalized spacial score (nSPS) is 12.1. The van der Waals surface area contributed by atoms with E-state index in [1.54, 1.807) is 7.11 Å². The number of esters is 1. The van der Waals surface area contributed by atoms with Gasteiger partial charge < -0.3 is 19.4 Å². The third-order valence-electron chi connectivity index (χ3n) is 5.83. The minimum atomic E-state index is -0.264. The first-order valence-electron chi connectivity index (χ1n) is 10.6. The van der Waals surface area contributed by atoms with Gasteiger partial charge in [0.15, 0.2) is 0 Å². The van der Waals surface area contributed by atoms with E-state index in [0.29, 0.717) is 6.54 Å². The number of benzene rings is 2. The van der Waals surface area contributed by atoms with Crippen LogP contribution in [0.25, 0.3) is 16.6 Å². The van der Waals surface area contributed by atoms with Crippen LogP contribution in [0.15, 0.2) is 60.9 Å². The molecule has 0 saturated heterocycles. The Kier molecular flexibility index (Phi) is 6.28. The van der Waals surface area contributed by atoms with Crippen molar-refractivity contribution in [3.63, 3.8) is 0 Å². The van der Waals surface area contributed by atoms with Gasteiger partial charge in [0.1, 0.15) is 12.3 Å². The molecule has 4 aromatic rings. The summed E-state index contributed by atoms with van der Waals surface area (Å²) in [4.78, 5) is 11.8. The Hall–Kier alpha value is -3.58. The molecule has 0 radical (unpaired) electrons. The van der Waals surface area contributed by atoms with E-state index in [9.17, 15) is 4.79 Å². The summed E-state index contributed by atoms with van der Waals surface area (Å²) < 4.78 is 14.0. The lowest BCUT2D eigenvalue weighted by molar-refractivity contribution is -0.141. The highest BCUT2D eigenvalue weighted by molar-refractivity contribution is 5.85. The van der Waals surface area contributed by atoms with Crippen molar-refractivity contribution in [3.05, 3.63) is 77.7 Å². The predicted octanol–water partition coefficient (Wildman–Crippen LogP) is 4.17. The molecule has 0 fully saturated rings. The number of ether oxygens (including phenoxy) is 2. The highest BCUT2D eigenvalue weighted by Crippen LogP contribution is 2.25. The van der Waals surface area contributed by atoms with Gasteiger partial charge in [-0.1, -0.05) is 18.2 Å². The Morgan fingerprint density at radius 2 is 1.88 bits per heavy atom. The molecule has 1 atom stereocenters. The largest absolute Gasteiger partial charge is 0.497 e. The number of fused-ring (bicyclic) bond motifs is 1. The topological polar surface area (TPSA) is 70.3 Å². The Morgan fingerprint density at radius 3 is 2.59 bits per heavy atom. The quantitative estimate of drug-likeness (QED) is 0.423. The molecule has 0 amide bonds. The van der Waals surface area contributed by atoms with Crippen LogP contribution in [0, 0.1) is 6.92 Å². The van der Waals surface area contributed by atoms with Crippen LogP contribution in [-0.4, -0.2) is 34.5 Å². The Balaban J connectivity index is 1.52. The molecule has 0 aliphatic heterocycles. The maximum atomic E-state index is 11.8. The van der Waals surface area contributed by atoms with Crippen molar-refractivity contribution in [3.8, 4) is 11.4 Å². The molecule has 0 aliphatic rings. The number of hydrogen-bond acceptors (Lipinski definition) is 5. The molecule has 2 heterocycles. The van der Waals surface area contributed by atoms with Gasteiger partial charge in [-0.05, 0) is 49.7 Å². The monoisotopic (exact) mass is 432 g/mol. The zero-order valence-electron chi connectivity index (χ0n) is 18.8. The molecule has 1 N–H and O–H groups in total. The molecule has 0 unspecified atom stereocenters. The third kappa shape index (κ3) is 4.24. The highest BCUT2D eigenvalue weighted by Gasteiger charge is 2.16. The minimum absolute atomic E-state index is 0.102. The van der Waals surface area contributed by atoms with E-state index in [4.69, 9.17) is 9.47 Å². The SMILES string of the molecule is COC(=O)Cn1cc(CN[C@H](C)c2cnn(-c3ccc(OC)cc3)c2C)c2ccccc21. The molecule has 32 heavy (non-hydrogen) atoms. The number of methoxy groups -OCH3 is 2. The zero-order chi connectivity index (χ0) is 22.7. The molecule has 4 rings (SSSR count). The summed E-state index contributed by atoms with van der Waals surface area (Å²) in [6.45, 7) is 5.08. The average Bonchev–Trinajstić information content (AvgIpc) is 3.38. The second-order valence-corrected chi connectivity index (χ2v) is 7.77. The molecular weight excluding hydrogens is 404 g/mol. The smallest absolute Gasteiger partial charge is 0.325 e. The summed E-state index contributed by atoms with van der Waals surface area (Å²) in [6.07, 6.45) is 3.94. The Morgan fingerprint density at radius 1 is 1.12 bits per heavy atom. The molecule has 0 bridgehead atoms. The molecule has 0 spiro atoms. The third-order valence-corrected chi connectivity index (χ3v) is 5.83. The van der Waals surface area contributed by atoms with Gasteiger partial charge in [-0.2, -0.15) is 5.10 Å². The number of aromatic nitrogens is 3. The lowest BCUT2D eigenvalue weighted by Crippen LogP contribution is -2.18. The predicted molar refractivity (Wildman–Crippen MR) is 124 cm³/mol. The van der Waals surface area contributed by atoms with E-state index >= 15 is 0 Å². The summed E-state index contributed by atoms with van der Waals surface area (Å²) in [5.74, 6) is 0.556. The maximum Gasteiger partial charge on any atom is 0.325 e. The molecule has 2 aromatic heterocycles. The first-order valence-corrected chi connectivity index (χ1v) is 10.6. The van der Waals surface area contributed by atoms with Crippen molar-refractivity contribution in [2.75, 3.05) is 14.2 Å². The number of carbonyl (C=O) groups excluding carboxylic acids is 1. The standard InChI is InChI=1S/C25H28N4O3/c1-17(23-14-27-29(18(23)2)20-9-11-21(31-3)12-10-20)26-13-19-15-28(16-25(30)32-4)24-8-6-5-7-22(19)24/h5-12,14-15,17,26H,13,16H2,1-4H3/t17-/m1/s1. The highest BCUT2D eigenvalue weighted by atomic mass is 16.5. The van der Waals surface area contributed by atoms with Crippen molar-refractivity contribution in [1.82, 2.24) is 19.7 Å². The minimum Gasteiger partial charge on any atom is -0.497 e. The number of hydrogen-bond donors (Lipinski definition) is 1. The van der Waals surface area contributed by atoms with Gasteiger partial charge in [0.25, 0.3) is 0 Å². The van der Waals surface area contributed by atoms with Gasteiger partial charge in [-0.3, -0.25) is 4.79 Å². The number of para-hydroxylation sites is 1. The van der Waals surface area contributed by atoms with Crippen molar-refractivity contribution >= 4 is 16.9 Å². The fourth-order valence-corrected chi connectivity index (χ4v) is 4.00. The van der Waals surface area contributed by atoms with Crippen LogP contribution in [0.2, 0.25) is 0 Å². The average molecular weight is 433 g/mol. The van der Waals surface area contributed by atoms with Crippen molar-refractivity contribution in [1.29, 1.82) is 0 Å². The molecule has 0 aliphatic carbocycles. The molecular formula is C25H28N4O3. The van der Waals surface area contributed by atoms with Crippen LogP contribution >= 0.6 is 0 Å². The van der Waals surface area contributed by atoms with Crippen LogP contribution in [0.1, 0.15) is 29.8 Å². The zero-order valence-corrected chi connectivity index (χ0v) is 18.8. The van der Waals surface area contributed by atoms with Crippen molar-refractivity contribution in [2.24, 2.45) is 0 Å². The molecule has 2 aromatic carbocycles. The summed E-state index contributed by atoms with van der Waals surface area (Å²) in [5, 5.41) is 9.33. The van der Waals surface area contributed by atoms with E-state index in [0.717, 1.165) is 39.2 Å². The van der Waals surface area contributed by atoms with Gasteiger partial charge in [-0.15, -0.1) is 0 Å². The number of nitrogens with one attached hydrogen (secondary N) is 1. The molecule has 0 saturated carbocycles. The summed E-state index contributed by atoms with van der Waals surface area (Å²) in [7, 11) is 3.07. The fourth-order valence-electron chi connectivity index (χ4n) is 4.00. The summed E-state index contributed by atoms with van der Waals surface area (Å²) in [5.41, 5.74) is 5.37. The fraction of sp³-hybridized carbons (Fsp3) is 0.280. The first kappa shape index (κ1) is 21.6. The first-order chi connectivity index (χ1) is 15.5. The van der Waals surface area contributed by atoms with Crippen LogP contribution in [0.4, 0.5) is 0 Å². The van der Waals surface area contributed by atoms with E-state index in [2.05, 4.69) is 30.3 Å². The summed E-state index contributed by atoms with van der Waals surface area (Å²) in [6, 6.07) is 16.1.